The van der Waals surface area contributed by atoms with Gasteiger partial charge in [-0.3, -0.25) is 9.48 Å². The molecule has 14 heteroatoms. The van der Waals surface area contributed by atoms with Crippen molar-refractivity contribution in [1.29, 1.82) is 0 Å². The van der Waals surface area contributed by atoms with Crippen LogP contribution in [0.25, 0.3) is 0 Å². The van der Waals surface area contributed by atoms with E-state index in [2.05, 4.69) is 26.1 Å². The number of nitro groups is 1. The van der Waals surface area contributed by atoms with E-state index < -0.39 is 14.9 Å². The summed E-state index contributed by atoms with van der Waals surface area (Å²) in [6, 6.07) is 0. The van der Waals surface area contributed by atoms with Crippen molar-refractivity contribution in [3.05, 3.63) is 32.7 Å². The zero-order chi connectivity index (χ0) is 20.6. The standard InChI is InChI=1S/C14H18BrN7O5S/c1-10-13(15)14(22(24)25)17-21(10)9-12(23)19-3-5-20(6-4-19)28(26,27)11-7-16-18(2)8-11/h7-8H,3-6,9H2,1-2H3. The average molecular weight is 476 g/mol. The van der Waals surface area contributed by atoms with Crippen LogP contribution in [0.3, 0.4) is 0 Å². The molecule has 0 radical (unpaired) electrons. The predicted octanol–water partition coefficient (Wildman–Crippen LogP) is 0.129. The Balaban J connectivity index is 1.64. The predicted molar refractivity (Wildman–Crippen MR) is 99.9 cm³/mol. The zero-order valence-corrected chi connectivity index (χ0v) is 17.6. The van der Waals surface area contributed by atoms with E-state index in [1.165, 1.54) is 31.0 Å². The lowest BCUT2D eigenvalue weighted by Crippen LogP contribution is -2.51. The molecular formula is C14H18BrN7O5S. The van der Waals surface area contributed by atoms with E-state index in [0.717, 1.165) is 0 Å². The number of amides is 1. The Morgan fingerprint density at radius 1 is 1.32 bits per heavy atom. The highest BCUT2D eigenvalue weighted by Gasteiger charge is 2.32. The van der Waals surface area contributed by atoms with Crippen molar-refractivity contribution >= 4 is 37.7 Å². The van der Waals surface area contributed by atoms with E-state index in [9.17, 15) is 23.3 Å². The van der Waals surface area contributed by atoms with Crippen LogP contribution in [0.1, 0.15) is 5.69 Å². The highest BCUT2D eigenvalue weighted by Crippen LogP contribution is 2.27. The number of sulfonamides is 1. The van der Waals surface area contributed by atoms with Crippen LogP contribution in [0, 0.1) is 17.0 Å². The molecule has 0 unspecified atom stereocenters. The largest absolute Gasteiger partial charge is 0.404 e. The molecule has 1 fully saturated rings. The summed E-state index contributed by atoms with van der Waals surface area (Å²) in [5, 5.41) is 18.7. The molecule has 12 nitrogen and oxygen atoms in total. The van der Waals surface area contributed by atoms with Gasteiger partial charge in [0.2, 0.25) is 15.9 Å². The quantitative estimate of drug-likeness (QED) is 0.442. The second-order valence-electron chi connectivity index (χ2n) is 6.27. The van der Waals surface area contributed by atoms with E-state index >= 15 is 0 Å². The van der Waals surface area contributed by atoms with Crippen molar-refractivity contribution in [3.8, 4) is 0 Å². The molecule has 1 aliphatic rings. The van der Waals surface area contributed by atoms with Crippen molar-refractivity contribution in [3.63, 3.8) is 0 Å². The molecule has 0 aliphatic carbocycles. The van der Waals surface area contributed by atoms with Gasteiger partial charge in [0.25, 0.3) is 0 Å². The number of aryl methyl sites for hydroxylation is 1. The lowest BCUT2D eigenvalue weighted by molar-refractivity contribution is -0.390. The molecule has 152 valence electrons. The Hall–Kier alpha value is -2.32. The van der Waals surface area contributed by atoms with Crippen molar-refractivity contribution in [1.82, 2.24) is 28.8 Å². The molecule has 3 heterocycles. The number of carbonyl (C=O) groups is 1. The molecule has 0 saturated carbocycles. The van der Waals surface area contributed by atoms with Gasteiger partial charge >= 0.3 is 5.82 Å². The van der Waals surface area contributed by atoms with Crippen molar-refractivity contribution in [2.45, 2.75) is 18.4 Å². The first-order valence-electron chi connectivity index (χ1n) is 8.25. The van der Waals surface area contributed by atoms with Crippen LogP contribution < -0.4 is 0 Å². The van der Waals surface area contributed by atoms with E-state index in [1.54, 1.807) is 14.0 Å². The van der Waals surface area contributed by atoms with Gasteiger partial charge in [0.05, 0.1) is 17.0 Å². The number of piperazine rings is 1. The molecule has 28 heavy (non-hydrogen) atoms. The maximum absolute atomic E-state index is 12.6. The number of hydrogen-bond acceptors (Lipinski definition) is 7. The molecule has 1 amide bonds. The Morgan fingerprint density at radius 3 is 2.46 bits per heavy atom. The summed E-state index contributed by atoms with van der Waals surface area (Å²) >= 11 is 3.11. The highest BCUT2D eigenvalue weighted by atomic mass is 79.9. The summed E-state index contributed by atoms with van der Waals surface area (Å²) in [5.41, 5.74) is 0.470. The van der Waals surface area contributed by atoms with Crippen LogP contribution in [0.15, 0.2) is 21.8 Å². The lowest BCUT2D eigenvalue weighted by Gasteiger charge is -2.33. The van der Waals surface area contributed by atoms with Crippen LogP contribution in [-0.4, -0.2) is 74.2 Å². The maximum atomic E-state index is 12.6. The number of aromatic nitrogens is 4. The van der Waals surface area contributed by atoms with Gasteiger partial charge in [-0.15, -0.1) is 0 Å². The fourth-order valence-electron chi connectivity index (χ4n) is 2.87. The summed E-state index contributed by atoms with van der Waals surface area (Å²) in [6.45, 7) is 2.23. The summed E-state index contributed by atoms with van der Waals surface area (Å²) in [4.78, 5) is 24.5. The van der Waals surface area contributed by atoms with Crippen molar-refractivity contribution < 1.29 is 18.1 Å². The van der Waals surface area contributed by atoms with Gasteiger partial charge in [-0.1, -0.05) is 0 Å². The van der Waals surface area contributed by atoms with Crippen molar-refractivity contribution in [2.75, 3.05) is 26.2 Å². The minimum absolute atomic E-state index is 0.110. The third-order valence-electron chi connectivity index (χ3n) is 4.48. The molecule has 0 aromatic carbocycles. The molecule has 1 saturated heterocycles. The molecule has 3 rings (SSSR count). The van der Waals surface area contributed by atoms with Gasteiger partial charge in [0.15, 0.2) is 0 Å². The number of rotatable bonds is 5. The third kappa shape index (κ3) is 3.79. The first kappa shape index (κ1) is 20.4. The van der Waals surface area contributed by atoms with Gasteiger partial charge in [-0.05, 0) is 27.8 Å². The second kappa shape index (κ2) is 7.60. The molecule has 0 atom stereocenters. The smallest absolute Gasteiger partial charge is 0.358 e. The van der Waals surface area contributed by atoms with E-state index in [4.69, 9.17) is 0 Å². The Kier molecular flexibility index (Phi) is 5.54. The monoisotopic (exact) mass is 475 g/mol. The van der Waals surface area contributed by atoms with Crippen LogP contribution >= 0.6 is 15.9 Å². The van der Waals surface area contributed by atoms with Crippen LogP contribution in [-0.2, 0) is 28.4 Å². The minimum Gasteiger partial charge on any atom is -0.358 e. The van der Waals surface area contributed by atoms with E-state index in [0.29, 0.717) is 5.69 Å². The fourth-order valence-corrected chi connectivity index (χ4v) is 4.70. The van der Waals surface area contributed by atoms with Gasteiger partial charge in [0, 0.05) is 39.4 Å². The van der Waals surface area contributed by atoms with Gasteiger partial charge in [-0.2, -0.15) is 14.1 Å². The van der Waals surface area contributed by atoms with Gasteiger partial charge < -0.3 is 15.0 Å². The number of hydrogen-bond donors (Lipinski definition) is 0. The summed E-state index contributed by atoms with van der Waals surface area (Å²) in [5.74, 6) is -0.635. The Bertz CT molecular complexity index is 1020. The topological polar surface area (TPSA) is 136 Å². The summed E-state index contributed by atoms with van der Waals surface area (Å²) in [7, 11) is -2.02. The summed E-state index contributed by atoms with van der Waals surface area (Å²) < 4.78 is 29.4. The van der Waals surface area contributed by atoms with Crippen LogP contribution in [0.5, 0.6) is 0 Å². The van der Waals surface area contributed by atoms with Gasteiger partial charge in [0.1, 0.15) is 15.9 Å². The van der Waals surface area contributed by atoms with E-state index in [1.807, 2.05) is 0 Å². The maximum Gasteiger partial charge on any atom is 0.404 e. The zero-order valence-electron chi connectivity index (χ0n) is 15.1. The van der Waals surface area contributed by atoms with E-state index in [-0.39, 0.29) is 53.8 Å². The molecule has 0 bridgehead atoms. The van der Waals surface area contributed by atoms with Crippen LogP contribution in [0.2, 0.25) is 0 Å². The fraction of sp³-hybridized carbons (Fsp3) is 0.500. The molecule has 0 N–H and O–H groups in total. The molecular weight excluding hydrogens is 458 g/mol. The first-order valence-corrected chi connectivity index (χ1v) is 10.5. The molecule has 0 spiro atoms. The SMILES string of the molecule is Cc1c(Br)c([N+](=O)[O-])nn1CC(=O)N1CCN(S(=O)(=O)c2cnn(C)c2)CC1. The normalized spacial score (nSPS) is 15.8. The number of nitrogens with zero attached hydrogens (tertiary/aromatic N) is 7. The number of halogens is 1. The van der Waals surface area contributed by atoms with Gasteiger partial charge in [-0.25, -0.2) is 8.42 Å². The molecule has 2 aromatic heterocycles. The Morgan fingerprint density at radius 2 is 1.96 bits per heavy atom. The first-order chi connectivity index (χ1) is 13.1. The molecule has 1 aliphatic heterocycles. The minimum atomic E-state index is -3.65. The second-order valence-corrected chi connectivity index (χ2v) is 9.00. The molecule has 2 aromatic rings. The number of carbonyl (C=O) groups excluding carboxylic acids is 1. The van der Waals surface area contributed by atoms with Crippen LogP contribution in [0.4, 0.5) is 5.82 Å². The highest BCUT2D eigenvalue weighted by molar-refractivity contribution is 9.10. The average Bonchev–Trinajstić information content (AvgIpc) is 3.21. The lowest BCUT2D eigenvalue weighted by atomic mass is 10.3. The third-order valence-corrected chi connectivity index (χ3v) is 7.26. The van der Waals surface area contributed by atoms with Crippen molar-refractivity contribution in [2.24, 2.45) is 7.05 Å². The Labute approximate surface area is 169 Å². The summed E-state index contributed by atoms with van der Waals surface area (Å²) in [6.07, 6.45) is 2.72.